The number of anilines is 1. The highest BCUT2D eigenvalue weighted by Gasteiger charge is 2.28. The zero-order valence-corrected chi connectivity index (χ0v) is 22.1. The van der Waals surface area contributed by atoms with Crippen molar-refractivity contribution in [2.45, 2.75) is 19.5 Å². The zero-order chi connectivity index (χ0) is 28.6. The summed E-state index contributed by atoms with van der Waals surface area (Å²) in [6, 6.07) is 12.0. The number of allylic oxidation sites excluding steroid dienone is 5. The van der Waals surface area contributed by atoms with Crippen molar-refractivity contribution in [3.05, 3.63) is 89.9 Å². The summed E-state index contributed by atoms with van der Waals surface area (Å²) in [4.78, 5) is 19.1. The Bertz CT molecular complexity index is 1440. The lowest BCUT2D eigenvalue weighted by Gasteiger charge is -2.34. The number of nitrogens with one attached hydrogen (secondary N) is 1. The quantitative estimate of drug-likeness (QED) is 0.435. The van der Waals surface area contributed by atoms with Crippen LogP contribution >= 0.6 is 0 Å². The maximum atomic E-state index is 12.8. The summed E-state index contributed by atoms with van der Waals surface area (Å²) in [6.07, 6.45) is 4.23. The van der Waals surface area contributed by atoms with Crippen LogP contribution in [0.3, 0.4) is 0 Å². The first kappa shape index (κ1) is 28.6. The van der Waals surface area contributed by atoms with E-state index < -0.39 is 12.3 Å². The number of benzene rings is 1. The SMILES string of the molecule is C=C1C=C(c2cc(CN3CCN(C(=O)C(F)F)CC3)n3ncnc(N)c23)C=C/C1=N/NCc1ccccc1.CF. The van der Waals surface area contributed by atoms with E-state index in [1.54, 1.807) is 4.52 Å². The topological polar surface area (TPSA) is 104 Å². The summed E-state index contributed by atoms with van der Waals surface area (Å²) in [6.45, 7) is 6.77. The number of carbonyl (C=O) groups is 1. The van der Waals surface area contributed by atoms with E-state index in [4.69, 9.17) is 5.73 Å². The summed E-state index contributed by atoms with van der Waals surface area (Å²) in [5.74, 6) is -0.771. The van der Waals surface area contributed by atoms with Gasteiger partial charge >= 0.3 is 6.43 Å². The van der Waals surface area contributed by atoms with Crippen LogP contribution in [-0.4, -0.2) is 75.8 Å². The van der Waals surface area contributed by atoms with Crippen molar-refractivity contribution in [3.63, 3.8) is 0 Å². The van der Waals surface area contributed by atoms with E-state index in [9.17, 15) is 18.0 Å². The van der Waals surface area contributed by atoms with E-state index in [2.05, 4.69) is 32.1 Å². The van der Waals surface area contributed by atoms with E-state index in [1.165, 1.54) is 11.2 Å². The van der Waals surface area contributed by atoms with Crippen molar-refractivity contribution < 1.29 is 18.0 Å². The van der Waals surface area contributed by atoms with Crippen LogP contribution in [0, 0.1) is 0 Å². The fourth-order valence-electron chi connectivity index (χ4n) is 4.63. The summed E-state index contributed by atoms with van der Waals surface area (Å²) in [5.41, 5.74) is 15.3. The number of aromatic nitrogens is 3. The molecule has 1 aliphatic heterocycles. The van der Waals surface area contributed by atoms with Gasteiger partial charge in [-0.2, -0.15) is 19.0 Å². The van der Waals surface area contributed by atoms with Gasteiger partial charge in [-0.15, -0.1) is 0 Å². The average Bonchev–Trinajstić information content (AvgIpc) is 3.35. The normalized spacial score (nSPS) is 16.7. The molecule has 40 heavy (non-hydrogen) atoms. The first-order chi connectivity index (χ1) is 19.4. The Morgan fingerprint density at radius 1 is 1.15 bits per heavy atom. The smallest absolute Gasteiger partial charge is 0.315 e. The van der Waals surface area contributed by atoms with Gasteiger partial charge in [0.15, 0.2) is 5.82 Å². The van der Waals surface area contributed by atoms with Crippen LogP contribution in [0.5, 0.6) is 0 Å². The number of nitrogen functional groups attached to an aromatic ring is 1. The number of amides is 1. The minimum absolute atomic E-state index is 0.255. The maximum absolute atomic E-state index is 12.8. The predicted octanol–water partition coefficient (Wildman–Crippen LogP) is 3.46. The van der Waals surface area contributed by atoms with Gasteiger partial charge in [0, 0.05) is 38.3 Å². The second kappa shape index (κ2) is 13.1. The number of alkyl halides is 3. The second-order valence-electron chi connectivity index (χ2n) is 9.13. The molecule has 0 unspecified atom stereocenters. The van der Waals surface area contributed by atoms with Gasteiger partial charge in [-0.1, -0.05) is 43.0 Å². The van der Waals surface area contributed by atoms with E-state index in [-0.39, 0.29) is 13.1 Å². The van der Waals surface area contributed by atoms with E-state index in [0.717, 1.165) is 33.7 Å². The van der Waals surface area contributed by atoms with Crippen LogP contribution in [-0.2, 0) is 17.9 Å². The van der Waals surface area contributed by atoms with Gasteiger partial charge in [-0.05, 0) is 34.9 Å². The summed E-state index contributed by atoms with van der Waals surface area (Å²) < 4.78 is 36.8. The predicted molar refractivity (Wildman–Crippen MR) is 149 cm³/mol. The largest absolute Gasteiger partial charge is 0.382 e. The van der Waals surface area contributed by atoms with Crippen LogP contribution in [0.2, 0.25) is 0 Å². The molecule has 0 radical (unpaired) electrons. The molecule has 210 valence electrons. The van der Waals surface area contributed by atoms with E-state index >= 15 is 0 Å². The molecular weight excluding hydrogens is 521 g/mol. The summed E-state index contributed by atoms with van der Waals surface area (Å²) in [5, 5.41) is 8.90. The van der Waals surface area contributed by atoms with Gasteiger partial charge in [0.25, 0.3) is 5.91 Å². The maximum Gasteiger partial charge on any atom is 0.315 e. The number of halogens is 3. The van der Waals surface area contributed by atoms with E-state index in [1.807, 2.05) is 54.6 Å². The molecule has 3 N–H and O–H groups in total. The van der Waals surface area contributed by atoms with Crippen LogP contribution in [0.1, 0.15) is 16.8 Å². The third-order valence-corrected chi connectivity index (χ3v) is 6.63. The van der Waals surface area contributed by atoms with Gasteiger partial charge in [0.1, 0.15) is 11.8 Å². The number of carbonyl (C=O) groups excluding carboxylic acids is 1. The molecule has 1 fully saturated rings. The molecule has 3 heterocycles. The Morgan fingerprint density at radius 3 is 2.55 bits per heavy atom. The molecule has 2 aliphatic rings. The van der Waals surface area contributed by atoms with Crippen LogP contribution in [0.25, 0.3) is 11.1 Å². The summed E-state index contributed by atoms with van der Waals surface area (Å²) in [7, 11) is 0.500. The van der Waals surface area contributed by atoms with Crippen molar-refractivity contribution in [2.24, 2.45) is 5.10 Å². The highest BCUT2D eigenvalue weighted by Crippen LogP contribution is 2.31. The number of hydrogen-bond donors (Lipinski definition) is 2. The van der Waals surface area contributed by atoms with Crippen molar-refractivity contribution >= 4 is 28.5 Å². The Hall–Kier alpha value is -4.45. The zero-order valence-electron chi connectivity index (χ0n) is 22.1. The summed E-state index contributed by atoms with van der Waals surface area (Å²) >= 11 is 0. The minimum Gasteiger partial charge on any atom is -0.382 e. The molecule has 9 nitrogen and oxygen atoms in total. The molecule has 0 saturated carbocycles. The van der Waals surface area contributed by atoms with Gasteiger partial charge in [-0.25, -0.2) is 9.50 Å². The molecule has 1 aromatic carbocycles. The number of nitrogens with two attached hydrogens (primary N) is 1. The molecule has 1 amide bonds. The first-order valence-electron chi connectivity index (χ1n) is 12.6. The van der Waals surface area contributed by atoms with Crippen LogP contribution < -0.4 is 11.2 Å². The van der Waals surface area contributed by atoms with Gasteiger partial charge in [-0.3, -0.25) is 14.1 Å². The number of rotatable bonds is 7. The Balaban J connectivity index is 0.00000181. The van der Waals surface area contributed by atoms with Gasteiger partial charge in [0.2, 0.25) is 0 Å². The van der Waals surface area contributed by atoms with Crippen molar-refractivity contribution in [1.82, 2.24) is 29.8 Å². The lowest BCUT2D eigenvalue weighted by molar-refractivity contribution is -0.144. The van der Waals surface area contributed by atoms with E-state index in [0.29, 0.717) is 44.7 Å². The minimum atomic E-state index is -2.98. The molecule has 0 bridgehead atoms. The third-order valence-electron chi connectivity index (χ3n) is 6.63. The molecule has 5 rings (SSSR count). The molecule has 12 heteroatoms. The van der Waals surface area contributed by atoms with Crippen molar-refractivity contribution in [1.29, 1.82) is 0 Å². The lowest BCUT2D eigenvalue weighted by atomic mass is 9.96. The number of hydrazone groups is 1. The second-order valence-corrected chi connectivity index (χ2v) is 9.13. The Kier molecular flexibility index (Phi) is 9.33. The molecule has 0 spiro atoms. The molecule has 1 aliphatic carbocycles. The molecule has 3 aromatic rings. The molecular formula is C28H31F3N8O. The lowest BCUT2D eigenvalue weighted by Crippen LogP contribution is -2.50. The fraction of sp³-hybridized carbons (Fsp3) is 0.286. The van der Waals surface area contributed by atoms with Gasteiger partial charge < -0.3 is 16.1 Å². The average molecular weight is 553 g/mol. The van der Waals surface area contributed by atoms with Crippen LogP contribution in [0.15, 0.2) is 78.2 Å². The highest BCUT2D eigenvalue weighted by atomic mass is 19.3. The Labute approximate surface area is 230 Å². The van der Waals surface area contributed by atoms with Crippen LogP contribution in [0.4, 0.5) is 19.0 Å². The number of nitrogens with zero attached hydrogens (tertiary/aromatic N) is 6. The van der Waals surface area contributed by atoms with Crippen molar-refractivity contribution in [2.75, 3.05) is 39.1 Å². The van der Waals surface area contributed by atoms with Gasteiger partial charge in [0.05, 0.1) is 25.1 Å². The number of fused-ring (bicyclic) bond motifs is 1. The first-order valence-corrected chi connectivity index (χ1v) is 12.6. The fourth-order valence-corrected chi connectivity index (χ4v) is 4.63. The molecule has 0 atom stereocenters. The number of piperazine rings is 1. The molecule has 1 saturated heterocycles. The molecule has 2 aromatic heterocycles. The van der Waals surface area contributed by atoms with Crippen molar-refractivity contribution in [3.8, 4) is 0 Å². The standard InChI is InChI=1S/C27H28F2N8O.CH3F/c1-18-13-20(7-8-23(18)34-32-15-19-5-3-2-4-6-19)22-14-21(37-24(22)26(30)31-17-33-37)16-35-9-11-36(12-10-35)27(38)25(28)29;1-2/h2-8,13-14,17,25,32H,1,9-12,15-16H2,(H2,30,31,33);1H3/b34-23-;. The third kappa shape index (κ3) is 6.40. The Morgan fingerprint density at radius 2 is 1.88 bits per heavy atom. The number of hydrogen-bond acceptors (Lipinski definition) is 7. The highest BCUT2D eigenvalue weighted by molar-refractivity contribution is 6.15. The monoisotopic (exact) mass is 552 g/mol.